The van der Waals surface area contributed by atoms with Gasteiger partial charge < -0.3 is 0 Å². The van der Waals surface area contributed by atoms with E-state index in [1.807, 2.05) is 0 Å². The average Bonchev–Trinajstić information content (AvgIpc) is 2.17. The highest BCUT2D eigenvalue weighted by Crippen LogP contribution is 1.99. The number of carbonyl (C=O) groups excluding carboxylic acids is 1. The van der Waals surface area contributed by atoms with Gasteiger partial charge in [-0.05, 0) is 12.1 Å². The van der Waals surface area contributed by atoms with Crippen molar-refractivity contribution in [2.45, 2.75) is 0 Å². The lowest BCUT2D eigenvalue weighted by atomic mass is 10.3. The number of pyridine rings is 1. The number of hydrogen-bond acceptors (Lipinski definition) is 3. The van der Waals surface area contributed by atoms with E-state index >= 15 is 0 Å². The lowest BCUT2D eigenvalue weighted by Gasteiger charge is -2.23. The van der Waals surface area contributed by atoms with E-state index in [0.29, 0.717) is 5.69 Å². The quantitative estimate of drug-likeness (QED) is 0.625. The first-order chi connectivity index (χ1) is 6.13. The molecule has 0 saturated heterocycles. The Kier molecular flexibility index (Phi) is 2.97. The van der Waals surface area contributed by atoms with Crippen molar-refractivity contribution in [3.05, 3.63) is 30.1 Å². The van der Waals surface area contributed by atoms with Gasteiger partial charge in [-0.1, -0.05) is 6.07 Å². The zero-order valence-electron chi connectivity index (χ0n) is 8.06. The first-order valence-corrected chi connectivity index (χ1v) is 3.99. The summed E-state index contributed by atoms with van der Waals surface area (Å²) in [6, 6.07) is 5.28. The average molecular weight is 179 g/mol. The summed E-state index contributed by atoms with van der Waals surface area (Å²) in [6.07, 6.45) is 1.61. The van der Waals surface area contributed by atoms with Crippen molar-refractivity contribution in [1.82, 2.24) is 15.0 Å². The number of amides is 1. The molecule has 0 saturated carbocycles. The first kappa shape index (κ1) is 9.67. The predicted molar refractivity (Wildman–Crippen MR) is 50.0 cm³/mol. The van der Waals surface area contributed by atoms with E-state index in [9.17, 15) is 4.79 Å². The Labute approximate surface area is 77.8 Å². The summed E-state index contributed by atoms with van der Waals surface area (Å²) in [7, 11) is 5.32. The van der Waals surface area contributed by atoms with Gasteiger partial charge in [0.25, 0.3) is 5.91 Å². The van der Waals surface area contributed by atoms with Crippen molar-refractivity contribution < 1.29 is 4.79 Å². The van der Waals surface area contributed by atoms with Gasteiger partial charge in [0.2, 0.25) is 0 Å². The molecule has 0 fully saturated rings. The van der Waals surface area contributed by atoms with Gasteiger partial charge in [0.05, 0.1) is 0 Å². The molecule has 0 atom stereocenters. The molecule has 1 heterocycles. The predicted octanol–water partition coefficient (Wildman–Crippen LogP) is 0.630. The summed E-state index contributed by atoms with van der Waals surface area (Å²) in [4.78, 5) is 15.6. The van der Waals surface area contributed by atoms with Crippen molar-refractivity contribution in [2.24, 2.45) is 0 Å². The van der Waals surface area contributed by atoms with Crippen LogP contribution in [-0.4, -0.2) is 42.1 Å². The third-order valence-corrected chi connectivity index (χ3v) is 1.78. The Morgan fingerprint density at radius 1 is 1.31 bits per heavy atom. The molecule has 0 bridgehead atoms. The van der Waals surface area contributed by atoms with E-state index in [1.165, 1.54) is 5.01 Å². The molecule has 0 N–H and O–H groups in total. The van der Waals surface area contributed by atoms with Crippen LogP contribution in [-0.2, 0) is 0 Å². The van der Waals surface area contributed by atoms with Crippen molar-refractivity contribution in [3.63, 3.8) is 0 Å². The molecule has 0 aromatic carbocycles. The summed E-state index contributed by atoms with van der Waals surface area (Å²) >= 11 is 0. The molecule has 1 rings (SSSR count). The highest BCUT2D eigenvalue weighted by atomic mass is 16.2. The molecule has 1 aromatic rings. The Balaban J connectivity index is 2.80. The molecule has 1 amide bonds. The van der Waals surface area contributed by atoms with Crippen molar-refractivity contribution >= 4 is 5.91 Å². The van der Waals surface area contributed by atoms with Gasteiger partial charge in [0.15, 0.2) is 0 Å². The van der Waals surface area contributed by atoms with Crippen molar-refractivity contribution in [3.8, 4) is 0 Å². The third-order valence-electron chi connectivity index (χ3n) is 1.78. The third kappa shape index (κ3) is 2.26. The number of hydrogen-bond donors (Lipinski definition) is 0. The summed E-state index contributed by atoms with van der Waals surface area (Å²) in [6.45, 7) is 0. The molecule has 0 aliphatic rings. The molecule has 70 valence electrons. The lowest BCUT2D eigenvalue weighted by Crippen LogP contribution is -2.38. The van der Waals surface area contributed by atoms with Gasteiger partial charge in [0.1, 0.15) is 5.69 Å². The largest absolute Gasteiger partial charge is 0.286 e. The maximum absolute atomic E-state index is 11.6. The fourth-order valence-electron chi connectivity index (χ4n) is 0.837. The number of nitrogens with zero attached hydrogens (tertiary/aromatic N) is 3. The zero-order chi connectivity index (χ0) is 9.84. The van der Waals surface area contributed by atoms with E-state index in [-0.39, 0.29) is 5.91 Å². The highest BCUT2D eigenvalue weighted by Gasteiger charge is 2.13. The fraction of sp³-hybridized carbons (Fsp3) is 0.333. The zero-order valence-corrected chi connectivity index (χ0v) is 8.06. The van der Waals surface area contributed by atoms with Crippen LogP contribution in [0, 0.1) is 0 Å². The van der Waals surface area contributed by atoms with E-state index in [4.69, 9.17) is 0 Å². The lowest BCUT2D eigenvalue weighted by molar-refractivity contribution is 0.0335. The Morgan fingerprint density at radius 2 is 2.00 bits per heavy atom. The van der Waals surface area contributed by atoms with Gasteiger partial charge >= 0.3 is 0 Å². The van der Waals surface area contributed by atoms with Crippen LogP contribution in [0.25, 0.3) is 0 Å². The minimum atomic E-state index is -0.106. The molecular weight excluding hydrogens is 166 g/mol. The van der Waals surface area contributed by atoms with Crippen LogP contribution in [0.15, 0.2) is 24.4 Å². The summed E-state index contributed by atoms with van der Waals surface area (Å²) < 4.78 is 0. The SMILES string of the molecule is CN(C)N(C)C(=O)c1ccccn1. The van der Waals surface area contributed by atoms with Gasteiger partial charge in [-0.3, -0.25) is 14.8 Å². The van der Waals surface area contributed by atoms with Crippen LogP contribution in [0.3, 0.4) is 0 Å². The van der Waals surface area contributed by atoms with Crippen LogP contribution in [0.1, 0.15) is 10.5 Å². The van der Waals surface area contributed by atoms with Gasteiger partial charge in [-0.2, -0.15) is 0 Å². The molecule has 0 aliphatic carbocycles. The topological polar surface area (TPSA) is 36.4 Å². The number of rotatable bonds is 2. The van der Waals surface area contributed by atoms with Crippen molar-refractivity contribution in [2.75, 3.05) is 21.1 Å². The normalized spacial score (nSPS) is 10.2. The smallest absolute Gasteiger partial charge is 0.274 e. The highest BCUT2D eigenvalue weighted by molar-refractivity contribution is 5.91. The van der Waals surface area contributed by atoms with E-state index < -0.39 is 0 Å². The number of carbonyl (C=O) groups is 1. The van der Waals surface area contributed by atoms with Gasteiger partial charge in [0, 0.05) is 27.3 Å². The second-order valence-corrected chi connectivity index (χ2v) is 2.89. The molecule has 4 heteroatoms. The molecule has 0 aliphatic heterocycles. The Morgan fingerprint density at radius 3 is 2.46 bits per heavy atom. The molecule has 0 radical (unpaired) electrons. The summed E-state index contributed by atoms with van der Waals surface area (Å²) in [5.74, 6) is -0.106. The maximum atomic E-state index is 11.6. The minimum Gasteiger partial charge on any atom is -0.274 e. The molecule has 1 aromatic heterocycles. The van der Waals surface area contributed by atoms with Crippen LogP contribution in [0.4, 0.5) is 0 Å². The second-order valence-electron chi connectivity index (χ2n) is 2.89. The van der Waals surface area contributed by atoms with Crippen LogP contribution >= 0.6 is 0 Å². The Bertz CT molecular complexity index is 284. The second kappa shape index (κ2) is 4.00. The summed E-state index contributed by atoms with van der Waals surface area (Å²) in [5, 5.41) is 3.21. The van der Waals surface area contributed by atoms with E-state index in [1.54, 1.807) is 50.5 Å². The van der Waals surface area contributed by atoms with Crippen LogP contribution < -0.4 is 0 Å². The van der Waals surface area contributed by atoms with Crippen molar-refractivity contribution in [1.29, 1.82) is 0 Å². The number of hydrazine groups is 1. The van der Waals surface area contributed by atoms with E-state index in [2.05, 4.69) is 4.98 Å². The molecule has 4 nitrogen and oxygen atoms in total. The van der Waals surface area contributed by atoms with E-state index in [0.717, 1.165) is 0 Å². The van der Waals surface area contributed by atoms with Crippen LogP contribution in [0.2, 0.25) is 0 Å². The molecule has 0 unspecified atom stereocenters. The van der Waals surface area contributed by atoms with Gasteiger partial charge in [-0.15, -0.1) is 0 Å². The maximum Gasteiger partial charge on any atom is 0.286 e. The van der Waals surface area contributed by atoms with Gasteiger partial charge in [-0.25, -0.2) is 5.01 Å². The monoisotopic (exact) mass is 179 g/mol. The molecule has 13 heavy (non-hydrogen) atoms. The molecule has 0 spiro atoms. The first-order valence-electron chi connectivity index (χ1n) is 3.99. The van der Waals surface area contributed by atoms with Crippen LogP contribution in [0.5, 0.6) is 0 Å². The Hall–Kier alpha value is -1.42. The standard InChI is InChI=1S/C9H13N3O/c1-11(2)12(3)9(13)8-6-4-5-7-10-8/h4-7H,1-3H3. The number of aromatic nitrogens is 1. The summed E-state index contributed by atoms with van der Waals surface area (Å²) in [5.41, 5.74) is 0.457. The minimum absolute atomic E-state index is 0.106. The molecular formula is C9H13N3O. The fourth-order valence-corrected chi connectivity index (χ4v) is 0.837.